The van der Waals surface area contributed by atoms with E-state index in [1.807, 2.05) is 24.3 Å². The molecular weight excluding hydrogens is 224 g/mol. The van der Waals surface area contributed by atoms with Gasteiger partial charge in [0.25, 0.3) is 0 Å². The van der Waals surface area contributed by atoms with E-state index >= 15 is 0 Å². The zero-order valence-corrected chi connectivity index (χ0v) is 11.2. The number of aromatic nitrogens is 2. The Labute approximate surface area is 108 Å². The lowest BCUT2D eigenvalue weighted by Crippen LogP contribution is -2.14. The molecule has 0 radical (unpaired) electrons. The first-order valence-electron chi connectivity index (χ1n) is 6.22. The summed E-state index contributed by atoms with van der Waals surface area (Å²) in [5, 5.41) is 4.37. The molecule has 0 unspecified atom stereocenters. The van der Waals surface area contributed by atoms with Crippen molar-refractivity contribution in [3.05, 3.63) is 24.3 Å². The Hall–Kier alpha value is -1.84. The predicted molar refractivity (Wildman–Crippen MR) is 76.5 cm³/mol. The van der Waals surface area contributed by atoms with Crippen LogP contribution in [0.5, 0.6) is 0 Å². The molecule has 0 bridgehead atoms. The highest BCUT2D eigenvalue weighted by atomic mass is 15.1. The van der Waals surface area contributed by atoms with E-state index in [1.165, 1.54) is 0 Å². The van der Waals surface area contributed by atoms with E-state index in [0.717, 1.165) is 29.7 Å². The number of nitrogens with zero attached hydrogens (tertiary/aromatic N) is 2. The molecule has 2 rings (SSSR count). The molecule has 1 heterocycles. The van der Waals surface area contributed by atoms with Crippen molar-refractivity contribution in [2.75, 3.05) is 17.6 Å². The van der Waals surface area contributed by atoms with Gasteiger partial charge in [-0.05, 0) is 24.0 Å². The summed E-state index contributed by atoms with van der Waals surface area (Å²) in [5.41, 5.74) is 6.90. The third kappa shape index (κ3) is 3.09. The molecule has 0 fully saturated rings. The summed E-state index contributed by atoms with van der Waals surface area (Å²) in [6.07, 6.45) is 1.07. The van der Waals surface area contributed by atoms with Crippen molar-refractivity contribution in [2.45, 2.75) is 27.2 Å². The van der Waals surface area contributed by atoms with Crippen LogP contribution in [0.1, 0.15) is 27.2 Å². The molecule has 18 heavy (non-hydrogen) atoms. The van der Waals surface area contributed by atoms with Crippen LogP contribution in [0.2, 0.25) is 0 Å². The van der Waals surface area contributed by atoms with E-state index in [1.54, 1.807) is 0 Å². The fraction of sp³-hybridized carbons (Fsp3) is 0.429. The molecule has 4 heteroatoms. The molecule has 3 N–H and O–H groups in total. The van der Waals surface area contributed by atoms with Crippen LogP contribution >= 0.6 is 0 Å². The number of fused-ring (bicyclic) bond motifs is 1. The summed E-state index contributed by atoms with van der Waals surface area (Å²) in [5.74, 6) is 1.13. The van der Waals surface area contributed by atoms with Gasteiger partial charge in [-0.15, -0.1) is 0 Å². The van der Waals surface area contributed by atoms with Gasteiger partial charge in [0.05, 0.1) is 5.52 Å². The summed E-state index contributed by atoms with van der Waals surface area (Å²) in [7, 11) is 0. The first kappa shape index (κ1) is 12.6. The topological polar surface area (TPSA) is 63.8 Å². The second kappa shape index (κ2) is 4.80. The van der Waals surface area contributed by atoms with Gasteiger partial charge in [0.2, 0.25) is 5.95 Å². The van der Waals surface area contributed by atoms with E-state index in [0.29, 0.717) is 11.4 Å². The van der Waals surface area contributed by atoms with Gasteiger partial charge in [0.1, 0.15) is 5.82 Å². The van der Waals surface area contributed by atoms with Gasteiger partial charge < -0.3 is 11.1 Å². The lowest BCUT2D eigenvalue weighted by Gasteiger charge is -2.18. The van der Waals surface area contributed by atoms with Gasteiger partial charge >= 0.3 is 0 Å². The Bertz CT molecular complexity index is 543. The molecular formula is C14H20N4. The molecule has 4 nitrogen and oxygen atoms in total. The standard InChI is InChI=1S/C14H20N4/c1-14(2,3)8-9-16-12-10-6-4-5-7-11(10)17-13(15)18-12/h4-7H,8-9H2,1-3H3,(H3,15,16,17,18). The molecule has 2 aromatic rings. The minimum Gasteiger partial charge on any atom is -0.369 e. The molecule has 0 amide bonds. The number of nitrogens with one attached hydrogen (secondary N) is 1. The highest BCUT2D eigenvalue weighted by molar-refractivity contribution is 5.89. The minimum atomic E-state index is 0.307. The number of hydrogen-bond acceptors (Lipinski definition) is 4. The van der Waals surface area contributed by atoms with Crippen molar-refractivity contribution in [1.82, 2.24) is 9.97 Å². The van der Waals surface area contributed by atoms with Crippen LogP contribution in [0.25, 0.3) is 10.9 Å². The van der Waals surface area contributed by atoms with Crippen LogP contribution in [0.3, 0.4) is 0 Å². The smallest absolute Gasteiger partial charge is 0.222 e. The summed E-state index contributed by atoms with van der Waals surface area (Å²) in [6, 6.07) is 7.89. The number of anilines is 2. The van der Waals surface area contributed by atoms with Crippen molar-refractivity contribution >= 4 is 22.7 Å². The number of nitrogen functional groups attached to an aromatic ring is 1. The molecule has 0 saturated carbocycles. The van der Waals surface area contributed by atoms with Crippen molar-refractivity contribution in [1.29, 1.82) is 0 Å². The number of para-hydroxylation sites is 1. The van der Waals surface area contributed by atoms with Crippen LogP contribution in [0.15, 0.2) is 24.3 Å². The molecule has 0 saturated heterocycles. The normalized spacial score (nSPS) is 11.7. The molecule has 0 aliphatic heterocycles. The zero-order chi connectivity index (χ0) is 13.2. The highest BCUT2D eigenvalue weighted by Gasteiger charge is 2.10. The van der Waals surface area contributed by atoms with Crippen molar-refractivity contribution < 1.29 is 0 Å². The summed E-state index contributed by atoms with van der Waals surface area (Å²) < 4.78 is 0. The monoisotopic (exact) mass is 244 g/mol. The first-order chi connectivity index (χ1) is 8.46. The SMILES string of the molecule is CC(C)(C)CCNc1nc(N)nc2ccccc12. The zero-order valence-electron chi connectivity index (χ0n) is 11.2. The van der Waals surface area contributed by atoms with E-state index < -0.39 is 0 Å². The molecule has 0 aliphatic rings. The summed E-state index contributed by atoms with van der Waals surface area (Å²) in [6.45, 7) is 7.55. The maximum Gasteiger partial charge on any atom is 0.222 e. The van der Waals surface area contributed by atoms with Crippen LogP contribution < -0.4 is 11.1 Å². The number of hydrogen-bond donors (Lipinski definition) is 2. The van der Waals surface area contributed by atoms with Gasteiger partial charge in [-0.1, -0.05) is 32.9 Å². The third-order valence-electron chi connectivity index (χ3n) is 2.79. The predicted octanol–water partition coefficient (Wildman–Crippen LogP) is 3.06. The summed E-state index contributed by atoms with van der Waals surface area (Å²) in [4.78, 5) is 8.50. The van der Waals surface area contributed by atoms with E-state index in [-0.39, 0.29) is 0 Å². The van der Waals surface area contributed by atoms with Gasteiger partial charge in [-0.3, -0.25) is 0 Å². The third-order valence-corrected chi connectivity index (χ3v) is 2.79. The van der Waals surface area contributed by atoms with Gasteiger partial charge in [-0.2, -0.15) is 4.98 Å². The first-order valence-corrected chi connectivity index (χ1v) is 6.22. The molecule has 96 valence electrons. The Balaban J connectivity index is 2.22. The largest absolute Gasteiger partial charge is 0.369 e. The summed E-state index contributed by atoms with van der Waals surface area (Å²) >= 11 is 0. The maximum atomic E-state index is 5.72. The Morgan fingerprint density at radius 3 is 2.61 bits per heavy atom. The second-order valence-corrected chi connectivity index (χ2v) is 5.68. The fourth-order valence-electron chi connectivity index (χ4n) is 1.79. The second-order valence-electron chi connectivity index (χ2n) is 5.68. The van der Waals surface area contributed by atoms with Crippen LogP contribution in [0, 0.1) is 5.41 Å². The average molecular weight is 244 g/mol. The van der Waals surface area contributed by atoms with Gasteiger partial charge in [0.15, 0.2) is 0 Å². The van der Waals surface area contributed by atoms with Crippen molar-refractivity contribution in [3.8, 4) is 0 Å². The maximum absolute atomic E-state index is 5.72. The molecule has 1 aromatic heterocycles. The lowest BCUT2D eigenvalue weighted by atomic mass is 9.92. The minimum absolute atomic E-state index is 0.307. The highest BCUT2D eigenvalue weighted by Crippen LogP contribution is 2.22. The van der Waals surface area contributed by atoms with Crippen LogP contribution in [0.4, 0.5) is 11.8 Å². The van der Waals surface area contributed by atoms with E-state index in [9.17, 15) is 0 Å². The Kier molecular flexibility index (Phi) is 3.36. The number of rotatable bonds is 3. The lowest BCUT2D eigenvalue weighted by molar-refractivity contribution is 0.389. The number of nitrogens with two attached hydrogens (primary N) is 1. The quantitative estimate of drug-likeness (QED) is 0.871. The fourth-order valence-corrected chi connectivity index (χ4v) is 1.79. The molecule has 1 aromatic carbocycles. The van der Waals surface area contributed by atoms with Gasteiger partial charge in [-0.25, -0.2) is 4.98 Å². The average Bonchev–Trinajstić information content (AvgIpc) is 2.27. The molecule has 0 spiro atoms. The van der Waals surface area contributed by atoms with E-state index in [2.05, 4.69) is 36.1 Å². The van der Waals surface area contributed by atoms with Crippen molar-refractivity contribution in [3.63, 3.8) is 0 Å². The van der Waals surface area contributed by atoms with Crippen LogP contribution in [-0.2, 0) is 0 Å². The van der Waals surface area contributed by atoms with Crippen LogP contribution in [-0.4, -0.2) is 16.5 Å². The van der Waals surface area contributed by atoms with Gasteiger partial charge in [0, 0.05) is 11.9 Å². The number of benzene rings is 1. The molecule has 0 aliphatic carbocycles. The molecule has 0 atom stereocenters. The van der Waals surface area contributed by atoms with E-state index in [4.69, 9.17) is 5.73 Å². The Morgan fingerprint density at radius 1 is 1.17 bits per heavy atom. The Morgan fingerprint density at radius 2 is 1.89 bits per heavy atom. The van der Waals surface area contributed by atoms with Crippen molar-refractivity contribution in [2.24, 2.45) is 5.41 Å².